The Morgan fingerprint density at radius 3 is 2.80 bits per heavy atom. The Morgan fingerprint density at radius 2 is 2.07 bits per heavy atom. The van der Waals surface area contributed by atoms with Crippen LogP contribution in [0.2, 0.25) is 0 Å². The summed E-state index contributed by atoms with van der Waals surface area (Å²) in [6.45, 7) is 6.71. The lowest BCUT2D eigenvalue weighted by Gasteiger charge is -2.12. The van der Waals surface area contributed by atoms with Crippen LogP contribution in [0.1, 0.15) is 18.1 Å². The van der Waals surface area contributed by atoms with Crippen molar-refractivity contribution in [2.75, 3.05) is 17.2 Å². The number of amides is 1. The van der Waals surface area contributed by atoms with Crippen molar-refractivity contribution in [1.29, 1.82) is 0 Å². The van der Waals surface area contributed by atoms with Crippen LogP contribution in [-0.4, -0.2) is 12.5 Å². The molecule has 1 unspecified atom stereocenters. The minimum absolute atomic E-state index is 0.0112. The maximum absolute atomic E-state index is 11.7. The van der Waals surface area contributed by atoms with Gasteiger partial charge in [-0.1, -0.05) is 13.0 Å². The first-order valence-corrected chi connectivity index (χ1v) is 5.24. The van der Waals surface area contributed by atoms with Crippen molar-refractivity contribution in [2.45, 2.75) is 20.8 Å². The Labute approximate surface area is 89.9 Å². The van der Waals surface area contributed by atoms with Crippen LogP contribution in [0, 0.1) is 19.8 Å². The monoisotopic (exact) mass is 204 g/mol. The lowest BCUT2D eigenvalue weighted by molar-refractivity contribution is -0.118. The number of anilines is 2. The van der Waals surface area contributed by atoms with Gasteiger partial charge in [-0.2, -0.15) is 0 Å². The van der Waals surface area contributed by atoms with E-state index < -0.39 is 0 Å². The molecule has 1 aromatic rings. The molecule has 0 saturated carbocycles. The third-order valence-electron chi connectivity index (χ3n) is 3.03. The number of hydrogen-bond acceptors (Lipinski definition) is 2. The summed E-state index contributed by atoms with van der Waals surface area (Å²) in [5.41, 5.74) is 4.30. The van der Waals surface area contributed by atoms with E-state index in [4.69, 9.17) is 0 Å². The van der Waals surface area contributed by atoms with E-state index >= 15 is 0 Å². The molecule has 1 aliphatic rings. The SMILES string of the molecule is Cc1ccc2c(c1C)NC(=O)C(C)CN2. The third kappa shape index (κ3) is 1.69. The minimum atomic E-state index is 0.0112. The number of rotatable bonds is 0. The molecule has 0 fully saturated rings. The Morgan fingerprint density at radius 1 is 1.33 bits per heavy atom. The van der Waals surface area contributed by atoms with Gasteiger partial charge in [0.05, 0.1) is 17.3 Å². The highest BCUT2D eigenvalue weighted by Gasteiger charge is 2.20. The van der Waals surface area contributed by atoms with Gasteiger partial charge in [0.2, 0.25) is 5.91 Å². The van der Waals surface area contributed by atoms with Crippen LogP contribution in [0.5, 0.6) is 0 Å². The molecular formula is C12H16N2O. The highest BCUT2D eigenvalue weighted by Crippen LogP contribution is 2.30. The first kappa shape index (κ1) is 10.0. The number of fused-ring (bicyclic) bond motifs is 1. The van der Waals surface area contributed by atoms with Gasteiger partial charge in [0.1, 0.15) is 0 Å². The molecule has 0 spiro atoms. The van der Waals surface area contributed by atoms with E-state index in [-0.39, 0.29) is 11.8 Å². The lowest BCUT2D eigenvalue weighted by Crippen LogP contribution is -2.22. The zero-order valence-corrected chi connectivity index (χ0v) is 9.35. The fourth-order valence-corrected chi connectivity index (χ4v) is 1.73. The van der Waals surface area contributed by atoms with Gasteiger partial charge in [-0.15, -0.1) is 0 Å². The summed E-state index contributed by atoms with van der Waals surface area (Å²) < 4.78 is 0. The third-order valence-corrected chi connectivity index (χ3v) is 3.03. The summed E-state index contributed by atoms with van der Waals surface area (Å²) in [4.78, 5) is 11.7. The predicted molar refractivity (Wildman–Crippen MR) is 62.2 cm³/mol. The normalized spacial score (nSPS) is 19.9. The topological polar surface area (TPSA) is 41.1 Å². The van der Waals surface area contributed by atoms with Crippen LogP contribution in [0.4, 0.5) is 11.4 Å². The Kier molecular flexibility index (Phi) is 2.39. The molecule has 0 aromatic heterocycles. The maximum Gasteiger partial charge on any atom is 0.229 e. The molecule has 1 aliphatic heterocycles. The van der Waals surface area contributed by atoms with Crippen molar-refractivity contribution in [1.82, 2.24) is 0 Å². The van der Waals surface area contributed by atoms with Gasteiger partial charge < -0.3 is 10.6 Å². The second kappa shape index (κ2) is 3.57. The molecule has 0 bridgehead atoms. The van der Waals surface area contributed by atoms with Gasteiger partial charge in [0.25, 0.3) is 0 Å². The molecule has 1 heterocycles. The van der Waals surface area contributed by atoms with Crippen LogP contribution < -0.4 is 10.6 Å². The number of nitrogens with one attached hydrogen (secondary N) is 2. The van der Waals surface area contributed by atoms with E-state index in [2.05, 4.69) is 23.6 Å². The summed E-state index contributed by atoms with van der Waals surface area (Å²) in [6, 6.07) is 4.10. The fraction of sp³-hybridized carbons (Fsp3) is 0.417. The van der Waals surface area contributed by atoms with E-state index in [1.54, 1.807) is 0 Å². The zero-order chi connectivity index (χ0) is 11.0. The number of hydrogen-bond donors (Lipinski definition) is 2. The summed E-state index contributed by atoms with van der Waals surface area (Å²) in [5, 5.41) is 6.27. The van der Waals surface area contributed by atoms with Gasteiger partial charge in [-0.3, -0.25) is 4.79 Å². The van der Waals surface area contributed by atoms with Crippen molar-refractivity contribution in [3.05, 3.63) is 23.3 Å². The summed E-state index contributed by atoms with van der Waals surface area (Å²) in [5.74, 6) is 0.104. The van der Waals surface area contributed by atoms with Crippen molar-refractivity contribution >= 4 is 17.3 Å². The molecule has 0 radical (unpaired) electrons. The molecule has 0 aliphatic carbocycles. The van der Waals surface area contributed by atoms with Crippen molar-refractivity contribution in [2.24, 2.45) is 5.92 Å². The number of aryl methyl sites for hydroxylation is 1. The van der Waals surface area contributed by atoms with Gasteiger partial charge in [-0.25, -0.2) is 0 Å². The van der Waals surface area contributed by atoms with Crippen LogP contribution in [0.3, 0.4) is 0 Å². The molecule has 1 atom stereocenters. The average molecular weight is 204 g/mol. The molecule has 1 amide bonds. The van der Waals surface area contributed by atoms with Gasteiger partial charge in [-0.05, 0) is 31.0 Å². The molecule has 15 heavy (non-hydrogen) atoms. The lowest BCUT2D eigenvalue weighted by atomic mass is 10.1. The average Bonchev–Trinajstić information content (AvgIpc) is 2.35. The second-order valence-corrected chi connectivity index (χ2v) is 4.20. The second-order valence-electron chi connectivity index (χ2n) is 4.20. The van der Waals surface area contributed by atoms with E-state index in [1.807, 2.05) is 19.9 Å². The van der Waals surface area contributed by atoms with E-state index in [0.717, 1.165) is 16.9 Å². The fourth-order valence-electron chi connectivity index (χ4n) is 1.73. The standard InChI is InChI=1S/C12H16N2O/c1-7-4-5-10-11(9(7)3)14-12(15)8(2)6-13-10/h4-5,8,13H,6H2,1-3H3,(H,14,15). The van der Waals surface area contributed by atoms with Crippen LogP contribution in [-0.2, 0) is 4.79 Å². The molecule has 80 valence electrons. The van der Waals surface area contributed by atoms with Crippen molar-refractivity contribution in [3.63, 3.8) is 0 Å². The zero-order valence-electron chi connectivity index (χ0n) is 9.35. The van der Waals surface area contributed by atoms with Crippen LogP contribution in [0.25, 0.3) is 0 Å². The molecule has 3 nitrogen and oxygen atoms in total. The quantitative estimate of drug-likeness (QED) is 0.681. The molecule has 1 aromatic carbocycles. The smallest absolute Gasteiger partial charge is 0.229 e. The molecule has 2 rings (SSSR count). The first-order chi connectivity index (χ1) is 7.09. The summed E-state index contributed by atoms with van der Waals surface area (Å²) >= 11 is 0. The Hall–Kier alpha value is -1.51. The van der Waals surface area contributed by atoms with E-state index in [1.165, 1.54) is 5.56 Å². The Bertz CT molecular complexity index is 412. The molecule has 0 saturated heterocycles. The van der Waals surface area contributed by atoms with Crippen molar-refractivity contribution < 1.29 is 4.79 Å². The van der Waals surface area contributed by atoms with Gasteiger partial charge >= 0.3 is 0 Å². The van der Waals surface area contributed by atoms with Gasteiger partial charge in [0.15, 0.2) is 0 Å². The van der Waals surface area contributed by atoms with Gasteiger partial charge in [0, 0.05) is 6.54 Å². The highest BCUT2D eigenvalue weighted by atomic mass is 16.1. The predicted octanol–water partition coefficient (Wildman–Crippen LogP) is 2.30. The summed E-state index contributed by atoms with van der Waals surface area (Å²) in [6.07, 6.45) is 0. The summed E-state index contributed by atoms with van der Waals surface area (Å²) in [7, 11) is 0. The highest BCUT2D eigenvalue weighted by molar-refractivity contribution is 5.98. The maximum atomic E-state index is 11.7. The Balaban J connectivity index is 2.48. The van der Waals surface area contributed by atoms with Crippen LogP contribution >= 0.6 is 0 Å². The van der Waals surface area contributed by atoms with E-state index in [9.17, 15) is 4.79 Å². The van der Waals surface area contributed by atoms with E-state index in [0.29, 0.717) is 6.54 Å². The number of carbonyl (C=O) groups is 1. The van der Waals surface area contributed by atoms with Crippen LogP contribution in [0.15, 0.2) is 12.1 Å². The first-order valence-electron chi connectivity index (χ1n) is 5.24. The molecule has 2 N–H and O–H groups in total. The molecule has 3 heteroatoms. The number of benzene rings is 1. The molecular weight excluding hydrogens is 188 g/mol. The minimum Gasteiger partial charge on any atom is -0.383 e. The largest absolute Gasteiger partial charge is 0.383 e. The van der Waals surface area contributed by atoms with Crippen molar-refractivity contribution in [3.8, 4) is 0 Å². The number of carbonyl (C=O) groups excluding carboxylic acids is 1.